The quantitative estimate of drug-likeness (QED) is 0.677. The van der Waals surface area contributed by atoms with Crippen molar-refractivity contribution in [3.05, 3.63) is 0 Å². The number of nitrogens with two attached hydrogens (primary N) is 1. The Balaban J connectivity index is 0.000000224. The summed E-state index contributed by atoms with van der Waals surface area (Å²) in [6, 6.07) is 0.494. The molecule has 2 aliphatic carbocycles. The van der Waals surface area contributed by atoms with Crippen LogP contribution in [0.5, 0.6) is 0 Å². The maximum Gasteiger partial charge on any atom is 0.251 e. The fourth-order valence-corrected chi connectivity index (χ4v) is 4.58. The van der Waals surface area contributed by atoms with Gasteiger partial charge < -0.3 is 5.73 Å². The molecule has 0 spiro atoms. The molecule has 0 aromatic heterocycles. The molecular formula is C19H37F2N. The monoisotopic (exact) mass is 317 g/mol. The first-order valence-electron chi connectivity index (χ1n) is 9.30. The predicted octanol–water partition coefficient (Wildman–Crippen LogP) is 5.87. The van der Waals surface area contributed by atoms with Crippen molar-refractivity contribution in [1.29, 1.82) is 0 Å². The van der Waals surface area contributed by atoms with Crippen LogP contribution in [0.25, 0.3) is 0 Å². The molecule has 0 heterocycles. The molecule has 4 atom stereocenters. The summed E-state index contributed by atoms with van der Waals surface area (Å²) >= 11 is 0. The van der Waals surface area contributed by atoms with Crippen LogP contribution in [0.15, 0.2) is 0 Å². The molecule has 2 saturated carbocycles. The van der Waals surface area contributed by atoms with Crippen LogP contribution < -0.4 is 5.73 Å². The molecule has 0 amide bonds. The minimum atomic E-state index is -2.41. The minimum Gasteiger partial charge on any atom is -0.327 e. The van der Waals surface area contributed by atoms with Crippen molar-refractivity contribution in [1.82, 2.24) is 0 Å². The molecule has 22 heavy (non-hydrogen) atoms. The number of hydrogen-bond acceptors (Lipinski definition) is 1. The second-order valence-electron chi connectivity index (χ2n) is 8.26. The van der Waals surface area contributed by atoms with E-state index >= 15 is 0 Å². The number of hydrogen-bond donors (Lipinski definition) is 1. The molecule has 4 unspecified atom stereocenters. The van der Waals surface area contributed by atoms with E-state index in [1.807, 2.05) is 20.8 Å². The van der Waals surface area contributed by atoms with E-state index in [0.717, 1.165) is 18.3 Å². The molecule has 2 N–H and O–H groups in total. The maximum absolute atomic E-state index is 13.4. The molecule has 3 heteroatoms. The molecule has 2 rings (SSSR count). The third-order valence-corrected chi connectivity index (χ3v) is 5.72. The van der Waals surface area contributed by atoms with Crippen LogP contribution in [0.4, 0.5) is 8.78 Å². The van der Waals surface area contributed by atoms with Gasteiger partial charge in [-0.15, -0.1) is 0 Å². The predicted molar refractivity (Wildman–Crippen MR) is 91.1 cm³/mol. The summed E-state index contributed by atoms with van der Waals surface area (Å²) in [5.41, 5.74) is 5.98. The van der Waals surface area contributed by atoms with Crippen molar-refractivity contribution in [2.75, 3.05) is 0 Å². The van der Waals surface area contributed by atoms with E-state index in [-0.39, 0.29) is 18.3 Å². The largest absolute Gasteiger partial charge is 0.327 e. The van der Waals surface area contributed by atoms with Gasteiger partial charge in [0, 0.05) is 18.4 Å². The van der Waals surface area contributed by atoms with E-state index < -0.39 is 11.8 Å². The maximum atomic E-state index is 13.4. The number of halogens is 2. The molecule has 1 nitrogen and oxygen atoms in total. The van der Waals surface area contributed by atoms with E-state index in [0.29, 0.717) is 12.5 Å². The molecule has 0 radical (unpaired) electrons. The van der Waals surface area contributed by atoms with Crippen molar-refractivity contribution in [2.45, 2.75) is 91.5 Å². The van der Waals surface area contributed by atoms with Crippen LogP contribution in [0.3, 0.4) is 0 Å². The van der Waals surface area contributed by atoms with Crippen molar-refractivity contribution in [3.63, 3.8) is 0 Å². The van der Waals surface area contributed by atoms with Gasteiger partial charge in [-0.25, -0.2) is 8.78 Å². The highest BCUT2D eigenvalue weighted by Crippen LogP contribution is 2.45. The smallest absolute Gasteiger partial charge is 0.251 e. The second kappa shape index (κ2) is 8.61. The van der Waals surface area contributed by atoms with Crippen LogP contribution in [-0.2, 0) is 0 Å². The molecule has 0 saturated heterocycles. The van der Waals surface area contributed by atoms with Gasteiger partial charge in [0.05, 0.1) is 0 Å². The van der Waals surface area contributed by atoms with Crippen LogP contribution in [-0.4, -0.2) is 12.0 Å². The first-order chi connectivity index (χ1) is 10.2. The van der Waals surface area contributed by atoms with Crippen molar-refractivity contribution < 1.29 is 8.78 Å². The Morgan fingerprint density at radius 3 is 1.86 bits per heavy atom. The van der Waals surface area contributed by atoms with Crippen molar-refractivity contribution in [3.8, 4) is 0 Å². The lowest BCUT2D eigenvalue weighted by Gasteiger charge is -2.38. The molecule has 0 aromatic carbocycles. The standard InChI is InChI=1S/C10H18F2.C9H19N/c1-7(2)9-8(3)5-4-6-10(9,11)12;1-7(2)8-5-3-4-6-9(8)10/h7-9H,4-6H2,1-3H3;7-9H,3-6,10H2,1-2H3. The lowest BCUT2D eigenvalue weighted by Crippen LogP contribution is -2.40. The minimum absolute atomic E-state index is 0.0974. The topological polar surface area (TPSA) is 26.0 Å². The van der Waals surface area contributed by atoms with Gasteiger partial charge in [-0.1, -0.05) is 53.9 Å². The highest BCUT2D eigenvalue weighted by molar-refractivity contribution is 4.87. The summed E-state index contributed by atoms with van der Waals surface area (Å²) in [4.78, 5) is 0. The molecule has 0 aliphatic heterocycles. The summed E-state index contributed by atoms with van der Waals surface area (Å²) in [6.45, 7) is 10.3. The summed E-state index contributed by atoms with van der Waals surface area (Å²) < 4.78 is 26.7. The fourth-order valence-electron chi connectivity index (χ4n) is 4.58. The Morgan fingerprint density at radius 1 is 0.909 bits per heavy atom. The van der Waals surface area contributed by atoms with Crippen LogP contribution in [0.2, 0.25) is 0 Å². The molecule has 2 aliphatic rings. The van der Waals surface area contributed by atoms with Gasteiger partial charge in [0.2, 0.25) is 0 Å². The Hall–Kier alpha value is -0.180. The average Bonchev–Trinajstić information content (AvgIpc) is 2.37. The zero-order chi connectivity index (χ0) is 16.9. The lowest BCUT2D eigenvalue weighted by atomic mass is 9.72. The van der Waals surface area contributed by atoms with Gasteiger partial charge in [0.15, 0.2) is 0 Å². The highest BCUT2D eigenvalue weighted by atomic mass is 19.3. The average molecular weight is 318 g/mol. The Morgan fingerprint density at radius 2 is 1.50 bits per heavy atom. The van der Waals surface area contributed by atoms with Gasteiger partial charge in [-0.2, -0.15) is 0 Å². The Kier molecular flexibility index (Phi) is 7.78. The molecule has 2 fully saturated rings. The van der Waals surface area contributed by atoms with Gasteiger partial charge in [0.25, 0.3) is 5.92 Å². The van der Waals surface area contributed by atoms with Crippen LogP contribution in [0.1, 0.15) is 79.6 Å². The second-order valence-corrected chi connectivity index (χ2v) is 8.26. The fraction of sp³-hybridized carbons (Fsp3) is 1.00. The van der Waals surface area contributed by atoms with Gasteiger partial charge in [-0.3, -0.25) is 0 Å². The normalized spacial score (nSPS) is 35.2. The van der Waals surface area contributed by atoms with Crippen LogP contribution >= 0.6 is 0 Å². The van der Waals surface area contributed by atoms with Crippen LogP contribution in [0, 0.1) is 29.6 Å². The summed E-state index contributed by atoms with van der Waals surface area (Å²) in [7, 11) is 0. The lowest BCUT2D eigenvalue weighted by molar-refractivity contribution is -0.122. The van der Waals surface area contributed by atoms with E-state index in [1.54, 1.807) is 0 Å². The SMILES string of the molecule is CC(C)C1C(C)CCCC1(F)F.CC(C)C1CCCCC1N. The number of rotatable bonds is 2. The first kappa shape index (κ1) is 19.9. The third kappa shape index (κ3) is 5.47. The number of alkyl halides is 2. The first-order valence-corrected chi connectivity index (χ1v) is 9.30. The Bertz CT molecular complexity index is 315. The van der Waals surface area contributed by atoms with E-state index in [2.05, 4.69) is 13.8 Å². The Labute approximate surface area is 136 Å². The molecular weight excluding hydrogens is 280 g/mol. The zero-order valence-electron chi connectivity index (χ0n) is 15.2. The summed E-state index contributed by atoms with van der Waals surface area (Å²) in [5.74, 6) is -0.925. The van der Waals surface area contributed by atoms with E-state index in [1.165, 1.54) is 25.7 Å². The van der Waals surface area contributed by atoms with E-state index in [9.17, 15) is 8.78 Å². The van der Waals surface area contributed by atoms with Gasteiger partial charge >= 0.3 is 0 Å². The highest BCUT2D eigenvalue weighted by Gasteiger charge is 2.46. The van der Waals surface area contributed by atoms with Crippen molar-refractivity contribution >= 4 is 0 Å². The van der Waals surface area contributed by atoms with Gasteiger partial charge in [-0.05, 0) is 42.9 Å². The molecule has 132 valence electrons. The zero-order valence-corrected chi connectivity index (χ0v) is 15.2. The third-order valence-electron chi connectivity index (χ3n) is 5.72. The molecule has 0 aromatic rings. The summed E-state index contributed by atoms with van der Waals surface area (Å²) in [5, 5.41) is 0. The van der Waals surface area contributed by atoms with E-state index in [4.69, 9.17) is 5.73 Å². The molecule has 0 bridgehead atoms. The summed E-state index contributed by atoms with van der Waals surface area (Å²) in [6.07, 6.45) is 7.12. The van der Waals surface area contributed by atoms with Crippen molar-refractivity contribution in [2.24, 2.45) is 35.3 Å². The van der Waals surface area contributed by atoms with Gasteiger partial charge in [0.1, 0.15) is 0 Å².